The van der Waals surface area contributed by atoms with E-state index in [1.807, 2.05) is 19.1 Å². The van der Waals surface area contributed by atoms with E-state index in [9.17, 15) is 9.18 Å². The standard InChI is InChI=1S/C19H15ClFN3O/c1-12-6-7-13(10-15(12)20)23-14-8-9-22-18(11-14)19(25)24-17-5-3-2-4-16(17)21/h2-11H,1H3,(H,22,23)(H,24,25). The number of aromatic nitrogens is 1. The molecule has 1 amide bonds. The SMILES string of the molecule is Cc1ccc(Nc2ccnc(C(=O)Nc3ccccc3F)c2)cc1Cl. The average Bonchev–Trinajstić information content (AvgIpc) is 2.60. The molecule has 0 aliphatic heterocycles. The first kappa shape index (κ1) is 16.9. The lowest BCUT2D eigenvalue weighted by molar-refractivity contribution is 0.102. The number of amides is 1. The van der Waals surface area contributed by atoms with Gasteiger partial charge in [0.25, 0.3) is 5.91 Å². The van der Waals surface area contributed by atoms with Crippen LogP contribution in [-0.2, 0) is 0 Å². The third-order valence-electron chi connectivity index (χ3n) is 3.58. The number of halogens is 2. The Hall–Kier alpha value is -2.92. The van der Waals surface area contributed by atoms with Gasteiger partial charge >= 0.3 is 0 Å². The highest BCUT2D eigenvalue weighted by atomic mass is 35.5. The maximum absolute atomic E-state index is 13.6. The summed E-state index contributed by atoms with van der Waals surface area (Å²) >= 11 is 6.11. The van der Waals surface area contributed by atoms with E-state index in [1.165, 1.54) is 18.3 Å². The van der Waals surface area contributed by atoms with Gasteiger partial charge in [0.05, 0.1) is 5.69 Å². The molecule has 0 spiro atoms. The Morgan fingerprint density at radius 1 is 1.08 bits per heavy atom. The number of benzene rings is 2. The Balaban J connectivity index is 1.77. The summed E-state index contributed by atoms with van der Waals surface area (Å²) in [5.41, 5.74) is 2.73. The molecular weight excluding hydrogens is 341 g/mol. The lowest BCUT2D eigenvalue weighted by Crippen LogP contribution is -2.14. The Labute approximate surface area is 149 Å². The Kier molecular flexibility index (Phi) is 4.95. The van der Waals surface area contributed by atoms with Gasteiger partial charge in [-0.25, -0.2) is 4.39 Å². The molecule has 0 saturated carbocycles. The zero-order valence-corrected chi connectivity index (χ0v) is 14.1. The van der Waals surface area contributed by atoms with Crippen molar-refractivity contribution in [3.8, 4) is 0 Å². The maximum atomic E-state index is 13.6. The fourth-order valence-electron chi connectivity index (χ4n) is 2.22. The molecule has 0 saturated heterocycles. The van der Waals surface area contributed by atoms with Gasteiger partial charge in [-0.2, -0.15) is 0 Å². The van der Waals surface area contributed by atoms with Gasteiger partial charge in [0.15, 0.2) is 0 Å². The molecule has 2 N–H and O–H groups in total. The van der Waals surface area contributed by atoms with Crippen LogP contribution in [0.3, 0.4) is 0 Å². The molecule has 3 aromatic rings. The minimum atomic E-state index is -0.501. The third-order valence-corrected chi connectivity index (χ3v) is 3.98. The van der Waals surface area contributed by atoms with E-state index in [0.717, 1.165) is 11.3 Å². The van der Waals surface area contributed by atoms with Crippen LogP contribution >= 0.6 is 11.6 Å². The van der Waals surface area contributed by atoms with E-state index in [0.29, 0.717) is 10.7 Å². The summed E-state index contributed by atoms with van der Waals surface area (Å²) in [6, 6.07) is 14.9. The summed E-state index contributed by atoms with van der Waals surface area (Å²) in [7, 11) is 0. The van der Waals surface area contributed by atoms with Crippen molar-refractivity contribution in [3.63, 3.8) is 0 Å². The number of hydrogen-bond donors (Lipinski definition) is 2. The Morgan fingerprint density at radius 2 is 1.84 bits per heavy atom. The largest absolute Gasteiger partial charge is 0.355 e. The average molecular weight is 356 g/mol. The van der Waals surface area contributed by atoms with Gasteiger partial charge in [0.1, 0.15) is 11.5 Å². The lowest BCUT2D eigenvalue weighted by atomic mass is 10.2. The van der Waals surface area contributed by atoms with Gasteiger partial charge < -0.3 is 10.6 Å². The van der Waals surface area contributed by atoms with Crippen LogP contribution in [0.15, 0.2) is 60.8 Å². The van der Waals surface area contributed by atoms with Gasteiger partial charge in [-0.3, -0.25) is 9.78 Å². The predicted molar refractivity (Wildman–Crippen MR) is 98.1 cm³/mol. The van der Waals surface area contributed by atoms with Crippen LogP contribution in [0.5, 0.6) is 0 Å². The number of anilines is 3. The minimum absolute atomic E-state index is 0.109. The minimum Gasteiger partial charge on any atom is -0.355 e. The normalized spacial score (nSPS) is 10.4. The predicted octanol–water partition coefficient (Wildman–Crippen LogP) is 5.18. The highest BCUT2D eigenvalue weighted by Crippen LogP contribution is 2.23. The summed E-state index contributed by atoms with van der Waals surface area (Å²) in [6.45, 7) is 1.92. The van der Waals surface area contributed by atoms with Crippen LogP contribution in [0.2, 0.25) is 5.02 Å². The van der Waals surface area contributed by atoms with Crippen molar-refractivity contribution < 1.29 is 9.18 Å². The van der Waals surface area contributed by atoms with Crippen molar-refractivity contribution >= 4 is 34.6 Å². The first-order valence-electron chi connectivity index (χ1n) is 7.58. The molecule has 0 fully saturated rings. The molecule has 0 bridgehead atoms. The number of pyridine rings is 1. The quantitative estimate of drug-likeness (QED) is 0.678. The molecule has 25 heavy (non-hydrogen) atoms. The summed E-state index contributed by atoms with van der Waals surface area (Å²) < 4.78 is 13.6. The molecule has 0 aliphatic carbocycles. The molecule has 0 aliphatic rings. The van der Waals surface area contributed by atoms with E-state index in [4.69, 9.17) is 11.6 Å². The number of aryl methyl sites for hydroxylation is 1. The first-order valence-corrected chi connectivity index (χ1v) is 7.96. The molecule has 6 heteroatoms. The molecule has 0 atom stereocenters. The van der Waals surface area contributed by atoms with Crippen molar-refractivity contribution in [1.29, 1.82) is 0 Å². The van der Waals surface area contributed by atoms with Crippen LogP contribution in [0.25, 0.3) is 0 Å². The van der Waals surface area contributed by atoms with Crippen molar-refractivity contribution in [2.24, 2.45) is 0 Å². The number of para-hydroxylation sites is 1. The molecule has 1 aromatic heterocycles. The van der Waals surface area contributed by atoms with Gasteiger partial charge in [0, 0.05) is 22.6 Å². The van der Waals surface area contributed by atoms with Crippen molar-refractivity contribution in [2.75, 3.05) is 10.6 Å². The molecule has 126 valence electrons. The number of carbonyl (C=O) groups excluding carboxylic acids is 1. The van der Waals surface area contributed by atoms with Crippen LogP contribution in [0, 0.1) is 12.7 Å². The Bertz CT molecular complexity index is 930. The summed E-state index contributed by atoms with van der Waals surface area (Å²) in [5.74, 6) is -0.991. The second-order valence-electron chi connectivity index (χ2n) is 5.45. The smallest absolute Gasteiger partial charge is 0.274 e. The van der Waals surface area contributed by atoms with Crippen molar-refractivity contribution in [2.45, 2.75) is 6.92 Å². The summed E-state index contributed by atoms with van der Waals surface area (Å²) in [6.07, 6.45) is 1.51. The number of hydrogen-bond acceptors (Lipinski definition) is 3. The van der Waals surface area contributed by atoms with E-state index in [1.54, 1.807) is 30.3 Å². The van der Waals surface area contributed by atoms with Gasteiger partial charge in [-0.1, -0.05) is 29.8 Å². The van der Waals surface area contributed by atoms with Crippen LogP contribution in [0.4, 0.5) is 21.5 Å². The molecule has 2 aromatic carbocycles. The van der Waals surface area contributed by atoms with Crippen LogP contribution in [0.1, 0.15) is 16.1 Å². The maximum Gasteiger partial charge on any atom is 0.274 e. The topological polar surface area (TPSA) is 54.0 Å². The highest BCUT2D eigenvalue weighted by molar-refractivity contribution is 6.31. The lowest BCUT2D eigenvalue weighted by Gasteiger charge is -2.10. The fraction of sp³-hybridized carbons (Fsp3) is 0.0526. The first-order chi connectivity index (χ1) is 12.0. The number of nitrogens with one attached hydrogen (secondary N) is 2. The number of nitrogens with zero attached hydrogens (tertiary/aromatic N) is 1. The second-order valence-corrected chi connectivity index (χ2v) is 5.86. The molecular formula is C19H15ClFN3O. The van der Waals surface area contributed by atoms with Crippen molar-refractivity contribution in [3.05, 3.63) is 82.9 Å². The highest BCUT2D eigenvalue weighted by Gasteiger charge is 2.11. The zero-order valence-electron chi connectivity index (χ0n) is 13.4. The van der Waals surface area contributed by atoms with Gasteiger partial charge in [-0.15, -0.1) is 0 Å². The third kappa shape index (κ3) is 4.14. The van der Waals surface area contributed by atoms with Crippen LogP contribution in [-0.4, -0.2) is 10.9 Å². The van der Waals surface area contributed by atoms with E-state index >= 15 is 0 Å². The monoisotopic (exact) mass is 355 g/mol. The molecule has 4 nitrogen and oxygen atoms in total. The second kappa shape index (κ2) is 7.32. The Morgan fingerprint density at radius 3 is 2.60 bits per heavy atom. The zero-order chi connectivity index (χ0) is 17.8. The molecule has 3 rings (SSSR count). The summed E-state index contributed by atoms with van der Waals surface area (Å²) in [5, 5.41) is 6.32. The fourth-order valence-corrected chi connectivity index (χ4v) is 2.40. The van der Waals surface area contributed by atoms with Crippen molar-refractivity contribution in [1.82, 2.24) is 4.98 Å². The molecule has 0 unspecified atom stereocenters. The van der Waals surface area contributed by atoms with E-state index < -0.39 is 11.7 Å². The number of rotatable bonds is 4. The summed E-state index contributed by atoms with van der Waals surface area (Å²) in [4.78, 5) is 16.3. The van der Waals surface area contributed by atoms with Gasteiger partial charge in [-0.05, 0) is 48.9 Å². The molecule has 1 heterocycles. The molecule has 0 radical (unpaired) electrons. The van der Waals surface area contributed by atoms with E-state index in [2.05, 4.69) is 15.6 Å². The number of carbonyl (C=O) groups is 1. The van der Waals surface area contributed by atoms with E-state index in [-0.39, 0.29) is 11.4 Å². The van der Waals surface area contributed by atoms with Crippen LogP contribution < -0.4 is 10.6 Å². The van der Waals surface area contributed by atoms with Gasteiger partial charge in [0.2, 0.25) is 0 Å².